The Kier molecular flexibility index (Phi) is 4.71. The number of hydrogen-bond donors (Lipinski definition) is 0. The van der Waals surface area contributed by atoms with Crippen molar-refractivity contribution in [2.75, 3.05) is 14.2 Å². The van der Waals surface area contributed by atoms with E-state index in [-0.39, 0.29) is 0 Å². The SMILES string of the molecule is COc1cc(OC)cc(OC(=O)c2ccc3ccccc3c2Br)c1. The Bertz CT molecular complexity index is 883. The van der Waals surface area contributed by atoms with Crippen molar-refractivity contribution >= 4 is 32.7 Å². The first-order valence-corrected chi connectivity index (χ1v) is 8.04. The molecule has 0 aliphatic carbocycles. The van der Waals surface area contributed by atoms with Crippen LogP contribution >= 0.6 is 15.9 Å². The van der Waals surface area contributed by atoms with Gasteiger partial charge in [-0.15, -0.1) is 0 Å². The Morgan fingerprint density at radius 1 is 0.875 bits per heavy atom. The molecule has 0 spiro atoms. The fourth-order valence-electron chi connectivity index (χ4n) is 2.39. The summed E-state index contributed by atoms with van der Waals surface area (Å²) in [7, 11) is 3.08. The normalized spacial score (nSPS) is 10.5. The zero-order chi connectivity index (χ0) is 17.1. The molecule has 0 saturated heterocycles. The zero-order valence-corrected chi connectivity index (χ0v) is 14.8. The van der Waals surface area contributed by atoms with Crippen molar-refractivity contribution < 1.29 is 19.0 Å². The number of fused-ring (bicyclic) bond motifs is 1. The molecule has 0 N–H and O–H groups in total. The van der Waals surface area contributed by atoms with Crippen molar-refractivity contribution in [3.05, 3.63) is 64.6 Å². The second-order valence-electron chi connectivity index (χ2n) is 5.09. The quantitative estimate of drug-likeness (QED) is 0.475. The molecule has 0 atom stereocenters. The van der Waals surface area contributed by atoms with Crippen molar-refractivity contribution in [2.24, 2.45) is 0 Å². The highest BCUT2D eigenvalue weighted by molar-refractivity contribution is 9.10. The van der Waals surface area contributed by atoms with Gasteiger partial charge in [0.15, 0.2) is 0 Å². The third kappa shape index (κ3) is 3.21. The van der Waals surface area contributed by atoms with Crippen molar-refractivity contribution in [1.29, 1.82) is 0 Å². The summed E-state index contributed by atoms with van der Waals surface area (Å²) in [4.78, 5) is 12.5. The van der Waals surface area contributed by atoms with Gasteiger partial charge in [0, 0.05) is 22.7 Å². The predicted octanol–water partition coefficient (Wildman–Crippen LogP) is 4.84. The van der Waals surface area contributed by atoms with E-state index in [1.807, 2.05) is 30.3 Å². The number of esters is 1. The number of halogens is 1. The fourth-order valence-corrected chi connectivity index (χ4v) is 3.05. The number of methoxy groups -OCH3 is 2. The topological polar surface area (TPSA) is 44.8 Å². The van der Waals surface area contributed by atoms with E-state index in [0.717, 1.165) is 10.8 Å². The summed E-state index contributed by atoms with van der Waals surface area (Å²) in [5, 5.41) is 2.00. The summed E-state index contributed by atoms with van der Waals surface area (Å²) in [5.41, 5.74) is 0.454. The first-order chi connectivity index (χ1) is 11.6. The Labute approximate surface area is 148 Å². The van der Waals surface area contributed by atoms with Gasteiger partial charge in [-0.05, 0) is 32.8 Å². The third-order valence-corrected chi connectivity index (χ3v) is 4.47. The number of carbonyl (C=O) groups excluding carboxylic acids is 1. The smallest absolute Gasteiger partial charge is 0.344 e. The fraction of sp³-hybridized carbons (Fsp3) is 0.105. The van der Waals surface area contributed by atoms with Crippen LogP contribution in [0.3, 0.4) is 0 Å². The minimum Gasteiger partial charge on any atom is -0.496 e. The Morgan fingerprint density at radius 2 is 1.50 bits per heavy atom. The number of rotatable bonds is 4. The number of ether oxygens (including phenoxy) is 3. The van der Waals surface area contributed by atoms with Crippen LogP contribution in [0.5, 0.6) is 17.2 Å². The maximum Gasteiger partial charge on any atom is 0.344 e. The van der Waals surface area contributed by atoms with Gasteiger partial charge in [0.1, 0.15) is 17.2 Å². The molecule has 0 aromatic heterocycles. The maximum atomic E-state index is 12.5. The monoisotopic (exact) mass is 386 g/mol. The molecule has 0 fully saturated rings. The lowest BCUT2D eigenvalue weighted by atomic mass is 10.1. The molecule has 3 aromatic carbocycles. The van der Waals surface area contributed by atoms with Gasteiger partial charge in [0.25, 0.3) is 0 Å². The predicted molar refractivity (Wildman–Crippen MR) is 96.2 cm³/mol. The van der Waals surface area contributed by atoms with Crippen LogP contribution in [-0.4, -0.2) is 20.2 Å². The summed E-state index contributed by atoms with van der Waals surface area (Å²) in [6, 6.07) is 16.4. The minimum absolute atomic E-state index is 0.358. The summed E-state index contributed by atoms with van der Waals surface area (Å²) >= 11 is 3.50. The van der Waals surface area contributed by atoms with Crippen LogP contribution in [-0.2, 0) is 0 Å². The number of carbonyl (C=O) groups is 1. The average molecular weight is 387 g/mol. The molecule has 0 bridgehead atoms. The van der Waals surface area contributed by atoms with Gasteiger partial charge < -0.3 is 14.2 Å². The molecule has 24 heavy (non-hydrogen) atoms. The number of benzene rings is 3. The zero-order valence-electron chi connectivity index (χ0n) is 13.2. The van der Waals surface area contributed by atoms with Crippen LogP contribution in [0, 0.1) is 0 Å². The molecule has 0 aliphatic rings. The lowest BCUT2D eigenvalue weighted by Crippen LogP contribution is -2.09. The van der Waals surface area contributed by atoms with Crippen LogP contribution in [0.1, 0.15) is 10.4 Å². The largest absolute Gasteiger partial charge is 0.496 e. The summed E-state index contributed by atoms with van der Waals surface area (Å²) < 4.78 is 16.6. The van der Waals surface area contributed by atoms with E-state index in [0.29, 0.717) is 27.3 Å². The van der Waals surface area contributed by atoms with Crippen molar-refractivity contribution in [2.45, 2.75) is 0 Å². The standard InChI is InChI=1S/C19H15BrO4/c1-22-13-9-14(23-2)11-15(10-13)24-19(21)17-8-7-12-5-3-4-6-16(12)18(17)20/h3-11H,1-2H3. The van der Waals surface area contributed by atoms with Crippen LogP contribution in [0.4, 0.5) is 0 Å². The van der Waals surface area contributed by atoms with E-state index in [2.05, 4.69) is 15.9 Å². The van der Waals surface area contributed by atoms with Crippen molar-refractivity contribution in [1.82, 2.24) is 0 Å². The van der Waals surface area contributed by atoms with Crippen LogP contribution in [0.25, 0.3) is 10.8 Å². The molecule has 3 aromatic rings. The molecule has 0 saturated carbocycles. The molecular formula is C19H15BrO4. The Balaban J connectivity index is 1.94. The molecular weight excluding hydrogens is 372 g/mol. The molecule has 0 amide bonds. The van der Waals surface area contributed by atoms with E-state index in [9.17, 15) is 4.79 Å². The first-order valence-electron chi connectivity index (χ1n) is 7.25. The highest BCUT2D eigenvalue weighted by atomic mass is 79.9. The molecule has 0 radical (unpaired) electrons. The van der Waals surface area contributed by atoms with Crippen molar-refractivity contribution in [3.63, 3.8) is 0 Å². The van der Waals surface area contributed by atoms with Crippen LogP contribution < -0.4 is 14.2 Å². The van der Waals surface area contributed by atoms with E-state index in [4.69, 9.17) is 14.2 Å². The Hall–Kier alpha value is -2.53. The van der Waals surface area contributed by atoms with E-state index < -0.39 is 5.97 Å². The maximum absolute atomic E-state index is 12.5. The van der Waals surface area contributed by atoms with E-state index in [1.165, 1.54) is 0 Å². The van der Waals surface area contributed by atoms with Gasteiger partial charge in [-0.2, -0.15) is 0 Å². The van der Waals surface area contributed by atoms with Gasteiger partial charge in [0.05, 0.1) is 19.8 Å². The molecule has 3 rings (SSSR count). The lowest BCUT2D eigenvalue weighted by Gasteiger charge is -2.11. The highest BCUT2D eigenvalue weighted by Gasteiger charge is 2.16. The summed E-state index contributed by atoms with van der Waals surface area (Å²) in [5.74, 6) is 1.00. The minimum atomic E-state index is -0.456. The van der Waals surface area contributed by atoms with E-state index in [1.54, 1.807) is 38.5 Å². The van der Waals surface area contributed by atoms with E-state index >= 15 is 0 Å². The molecule has 4 nitrogen and oxygen atoms in total. The second kappa shape index (κ2) is 6.93. The molecule has 0 aliphatic heterocycles. The summed E-state index contributed by atoms with van der Waals surface area (Å²) in [6.07, 6.45) is 0. The number of hydrogen-bond acceptors (Lipinski definition) is 4. The van der Waals surface area contributed by atoms with Gasteiger partial charge in [-0.25, -0.2) is 4.79 Å². The first kappa shape index (κ1) is 16.3. The van der Waals surface area contributed by atoms with Gasteiger partial charge in [-0.3, -0.25) is 0 Å². The lowest BCUT2D eigenvalue weighted by molar-refractivity contribution is 0.0733. The van der Waals surface area contributed by atoms with Gasteiger partial charge >= 0.3 is 5.97 Å². The second-order valence-corrected chi connectivity index (χ2v) is 5.88. The van der Waals surface area contributed by atoms with Crippen LogP contribution in [0.2, 0.25) is 0 Å². The highest BCUT2D eigenvalue weighted by Crippen LogP contribution is 2.31. The summed E-state index contributed by atoms with van der Waals surface area (Å²) in [6.45, 7) is 0. The third-order valence-electron chi connectivity index (χ3n) is 3.62. The molecule has 5 heteroatoms. The molecule has 0 heterocycles. The Morgan fingerprint density at radius 3 is 2.17 bits per heavy atom. The van der Waals surface area contributed by atoms with Gasteiger partial charge in [-0.1, -0.05) is 30.3 Å². The molecule has 0 unspecified atom stereocenters. The van der Waals surface area contributed by atoms with Crippen molar-refractivity contribution in [3.8, 4) is 17.2 Å². The van der Waals surface area contributed by atoms with Crippen LogP contribution in [0.15, 0.2) is 59.1 Å². The average Bonchev–Trinajstić information content (AvgIpc) is 2.61. The molecule has 122 valence electrons. The van der Waals surface area contributed by atoms with Gasteiger partial charge in [0.2, 0.25) is 0 Å².